The molecule has 2 heteroatoms. The first-order valence-corrected chi connectivity index (χ1v) is 5.78. The van der Waals surface area contributed by atoms with E-state index in [9.17, 15) is 0 Å². The number of hydrogen-bond donors (Lipinski definition) is 1. The van der Waals surface area contributed by atoms with Crippen molar-refractivity contribution in [1.82, 2.24) is 0 Å². The molecule has 1 aromatic rings. The molecule has 2 nitrogen and oxygen atoms in total. The maximum absolute atomic E-state index is 5.81. The van der Waals surface area contributed by atoms with E-state index < -0.39 is 0 Å². The van der Waals surface area contributed by atoms with Crippen LogP contribution in [0.2, 0.25) is 0 Å². The Morgan fingerprint density at radius 1 is 1.20 bits per heavy atom. The summed E-state index contributed by atoms with van der Waals surface area (Å²) in [5.74, 6) is 0. The minimum absolute atomic E-state index is 0.868. The average Bonchev–Trinajstić information content (AvgIpc) is 2.18. The zero-order chi connectivity index (χ0) is 11.3. The molecule has 0 fully saturated rings. The number of anilines is 2. The molecular weight excluding hydrogens is 184 g/mol. The van der Waals surface area contributed by atoms with Crippen molar-refractivity contribution in [3.8, 4) is 0 Å². The maximum atomic E-state index is 5.81. The van der Waals surface area contributed by atoms with Gasteiger partial charge >= 0.3 is 0 Å². The second-order valence-corrected chi connectivity index (χ2v) is 4.06. The van der Waals surface area contributed by atoms with E-state index >= 15 is 0 Å². The van der Waals surface area contributed by atoms with Crippen LogP contribution in [0.1, 0.15) is 32.3 Å². The van der Waals surface area contributed by atoms with Crippen LogP contribution in [0.15, 0.2) is 18.2 Å². The number of rotatable bonds is 5. The molecule has 0 radical (unpaired) electrons. The maximum Gasteiger partial charge on any atom is 0.0397 e. The van der Waals surface area contributed by atoms with Gasteiger partial charge in [-0.25, -0.2) is 0 Å². The number of hydrogen-bond acceptors (Lipinski definition) is 2. The predicted molar refractivity (Wildman–Crippen MR) is 68.4 cm³/mol. The highest BCUT2D eigenvalue weighted by atomic mass is 15.1. The van der Waals surface area contributed by atoms with E-state index in [0.717, 1.165) is 25.1 Å². The standard InChI is InChI=1S/C13H22N2/c1-4-6-11-10-12(14)7-8-13(11)15(3)9-5-2/h7-8,10H,4-6,9,14H2,1-3H3. The average molecular weight is 206 g/mol. The van der Waals surface area contributed by atoms with E-state index in [1.807, 2.05) is 6.07 Å². The van der Waals surface area contributed by atoms with Crippen molar-refractivity contribution in [2.45, 2.75) is 33.1 Å². The SMILES string of the molecule is CCCc1cc(N)ccc1N(C)CCC. The van der Waals surface area contributed by atoms with E-state index in [-0.39, 0.29) is 0 Å². The lowest BCUT2D eigenvalue weighted by molar-refractivity contribution is 0.835. The summed E-state index contributed by atoms with van der Waals surface area (Å²) < 4.78 is 0. The third-order valence-corrected chi connectivity index (χ3v) is 2.59. The Balaban J connectivity index is 2.93. The number of benzene rings is 1. The summed E-state index contributed by atoms with van der Waals surface area (Å²) in [6.45, 7) is 5.50. The lowest BCUT2D eigenvalue weighted by atomic mass is 10.1. The van der Waals surface area contributed by atoms with Gasteiger partial charge in [0.1, 0.15) is 0 Å². The lowest BCUT2D eigenvalue weighted by Crippen LogP contribution is -2.19. The van der Waals surface area contributed by atoms with Gasteiger partial charge in [-0.3, -0.25) is 0 Å². The van der Waals surface area contributed by atoms with Crippen molar-refractivity contribution < 1.29 is 0 Å². The van der Waals surface area contributed by atoms with Crippen LogP contribution in [0, 0.1) is 0 Å². The first-order chi connectivity index (χ1) is 7.19. The van der Waals surface area contributed by atoms with Crippen LogP contribution in [0.4, 0.5) is 11.4 Å². The zero-order valence-electron chi connectivity index (χ0n) is 10.1. The molecule has 0 aliphatic carbocycles. The molecule has 1 aromatic carbocycles. The summed E-state index contributed by atoms with van der Waals surface area (Å²) in [6.07, 6.45) is 3.44. The largest absolute Gasteiger partial charge is 0.399 e. The van der Waals surface area contributed by atoms with E-state index in [1.165, 1.54) is 17.7 Å². The van der Waals surface area contributed by atoms with Gasteiger partial charge in [-0.15, -0.1) is 0 Å². The van der Waals surface area contributed by atoms with Crippen LogP contribution in [-0.2, 0) is 6.42 Å². The van der Waals surface area contributed by atoms with Gasteiger partial charge in [-0.1, -0.05) is 20.3 Å². The molecule has 0 aromatic heterocycles. The van der Waals surface area contributed by atoms with Gasteiger partial charge in [0, 0.05) is 25.0 Å². The summed E-state index contributed by atoms with van der Waals surface area (Å²) in [5, 5.41) is 0. The van der Waals surface area contributed by atoms with E-state index in [1.54, 1.807) is 0 Å². The molecule has 0 heterocycles. The summed E-state index contributed by atoms with van der Waals surface area (Å²) >= 11 is 0. The van der Waals surface area contributed by atoms with Gasteiger partial charge in [0.05, 0.1) is 0 Å². The van der Waals surface area contributed by atoms with Crippen LogP contribution in [-0.4, -0.2) is 13.6 Å². The van der Waals surface area contributed by atoms with Gasteiger partial charge in [0.25, 0.3) is 0 Å². The fourth-order valence-electron chi connectivity index (χ4n) is 1.90. The van der Waals surface area contributed by atoms with Crippen LogP contribution < -0.4 is 10.6 Å². The molecule has 0 spiro atoms. The van der Waals surface area contributed by atoms with E-state index in [4.69, 9.17) is 5.73 Å². The fourth-order valence-corrected chi connectivity index (χ4v) is 1.90. The summed E-state index contributed by atoms with van der Waals surface area (Å²) in [7, 11) is 2.15. The second kappa shape index (κ2) is 5.64. The molecule has 0 saturated heterocycles. The molecule has 84 valence electrons. The molecule has 2 N–H and O–H groups in total. The highest BCUT2D eigenvalue weighted by Crippen LogP contribution is 2.23. The van der Waals surface area contributed by atoms with Crippen LogP contribution in [0.5, 0.6) is 0 Å². The molecule has 0 atom stereocenters. The van der Waals surface area contributed by atoms with E-state index in [0.29, 0.717) is 0 Å². The quantitative estimate of drug-likeness (QED) is 0.750. The topological polar surface area (TPSA) is 29.3 Å². The summed E-state index contributed by atoms with van der Waals surface area (Å²) in [5.41, 5.74) is 9.38. The van der Waals surface area contributed by atoms with Gasteiger partial charge in [-0.05, 0) is 36.6 Å². The first-order valence-electron chi connectivity index (χ1n) is 5.78. The third kappa shape index (κ3) is 3.15. The van der Waals surface area contributed by atoms with Gasteiger partial charge in [-0.2, -0.15) is 0 Å². The Hall–Kier alpha value is -1.18. The normalized spacial score (nSPS) is 10.3. The molecule has 15 heavy (non-hydrogen) atoms. The molecule has 0 bridgehead atoms. The minimum Gasteiger partial charge on any atom is -0.399 e. The highest BCUT2D eigenvalue weighted by Gasteiger charge is 2.06. The molecule has 0 saturated carbocycles. The molecule has 0 unspecified atom stereocenters. The Kier molecular flexibility index (Phi) is 4.47. The van der Waals surface area contributed by atoms with E-state index in [2.05, 4.69) is 37.9 Å². The van der Waals surface area contributed by atoms with Crippen LogP contribution in [0.3, 0.4) is 0 Å². The Morgan fingerprint density at radius 2 is 1.93 bits per heavy atom. The number of nitrogens with two attached hydrogens (primary N) is 1. The Labute approximate surface area is 93.1 Å². The van der Waals surface area contributed by atoms with Crippen molar-refractivity contribution in [3.05, 3.63) is 23.8 Å². The predicted octanol–water partition coefficient (Wildman–Crippen LogP) is 3.07. The van der Waals surface area contributed by atoms with Crippen molar-refractivity contribution in [2.75, 3.05) is 24.2 Å². The highest BCUT2D eigenvalue weighted by molar-refractivity contribution is 5.59. The molecule has 0 aliphatic heterocycles. The first kappa shape index (κ1) is 11.9. The summed E-state index contributed by atoms with van der Waals surface area (Å²) in [6, 6.07) is 6.22. The fraction of sp³-hybridized carbons (Fsp3) is 0.538. The van der Waals surface area contributed by atoms with Gasteiger partial charge in [0.15, 0.2) is 0 Å². The smallest absolute Gasteiger partial charge is 0.0397 e. The van der Waals surface area contributed by atoms with Crippen molar-refractivity contribution in [3.63, 3.8) is 0 Å². The molecule has 1 rings (SSSR count). The Bertz CT molecular complexity index is 307. The van der Waals surface area contributed by atoms with Crippen LogP contribution >= 0.6 is 0 Å². The number of nitrogens with zero attached hydrogens (tertiary/aromatic N) is 1. The van der Waals surface area contributed by atoms with Gasteiger partial charge in [0.2, 0.25) is 0 Å². The lowest BCUT2D eigenvalue weighted by Gasteiger charge is -2.22. The molecule has 0 amide bonds. The molecular formula is C13H22N2. The third-order valence-electron chi connectivity index (χ3n) is 2.59. The monoisotopic (exact) mass is 206 g/mol. The number of nitrogen functional groups attached to an aromatic ring is 1. The zero-order valence-corrected chi connectivity index (χ0v) is 10.1. The van der Waals surface area contributed by atoms with Crippen molar-refractivity contribution >= 4 is 11.4 Å². The van der Waals surface area contributed by atoms with Crippen LogP contribution in [0.25, 0.3) is 0 Å². The van der Waals surface area contributed by atoms with Crippen molar-refractivity contribution in [1.29, 1.82) is 0 Å². The minimum atomic E-state index is 0.868. The van der Waals surface area contributed by atoms with Gasteiger partial charge < -0.3 is 10.6 Å². The Morgan fingerprint density at radius 3 is 2.53 bits per heavy atom. The summed E-state index contributed by atoms with van der Waals surface area (Å²) in [4.78, 5) is 2.31. The van der Waals surface area contributed by atoms with Crippen molar-refractivity contribution in [2.24, 2.45) is 0 Å². The number of aryl methyl sites for hydroxylation is 1. The second-order valence-electron chi connectivity index (χ2n) is 4.06. The molecule has 0 aliphatic rings.